The van der Waals surface area contributed by atoms with Gasteiger partial charge in [-0.15, -0.1) is 5.10 Å². The third-order valence-electron chi connectivity index (χ3n) is 5.89. The van der Waals surface area contributed by atoms with Crippen LogP contribution in [-0.4, -0.2) is 44.1 Å². The number of aromatic nitrogens is 5. The smallest absolute Gasteiger partial charge is 0.401 e. The fourth-order valence-electron chi connectivity index (χ4n) is 3.42. The normalized spacial score (nSPS) is 11.9. The van der Waals surface area contributed by atoms with Crippen LogP contribution in [0.25, 0.3) is 11.1 Å². The first kappa shape index (κ1) is 27.5. The highest BCUT2D eigenvalue weighted by Gasteiger charge is 2.51. The van der Waals surface area contributed by atoms with Crippen LogP contribution in [0, 0.1) is 12.7 Å². The van der Waals surface area contributed by atoms with Gasteiger partial charge >= 0.3 is 6.18 Å². The summed E-state index contributed by atoms with van der Waals surface area (Å²) >= 11 is 0. The van der Waals surface area contributed by atoms with Crippen LogP contribution in [0.3, 0.4) is 0 Å². The summed E-state index contributed by atoms with van der Waals surface area (Å²) in [6, 6.07) is 5.25. The average molecular weight is 547 g/mol. The Bertz CT molecular complexity index is 1460. The largest absolute Gasteiger partial charge is 0.478 e. The Hall–Kier alpha value is -4.49. The Morgan fingerprint density at radius 1 is 1.15 bits per heavy atom. The summed E-state index contributed by atoms with van der Waals surface area (Å²) < 4.78 is 65.9. The number of rotatable bonds is 9. The predicted octanol–water partition coefficient (Wildman–Crippen LogP) is 5.07. The monoisotopic (exact) mass is 546 g/mol. The number of carbonyl (C=O) groups excluding carboxylic acids is 1. The summed E-state index contributed by atoms with van der Waals surface area (Å²) in [6.07, 6.45) is -0.263. The molecule has 4 rings (SSSR count). The second kappa shape index (κ2) is 10.7. The number of alkyl halides is 3. The maximum Gasteiger partial charge on any atom is 0.401 e. The van der Waals surface area contributed by atoms with Crippen LogP contribution in [-0.2, 0) is 23.2 Å². The highest BCUT2D eigenvalue weighted by molar-refractivity contribution is 5.91. The second-order valence-corrected chi connectivity index (χ2v) is 8.97. The van der Waals surface area contributed by atoms with Crippen LogP contribution >= 0.6 is 0 Å². The van der Waals surface area contributed by atoms with Crippen molar-refractivity contribution in [2.75, 3.05) is 17.7 Å². The lowest BCUT2D eigenvalue weighted by Gasteiger charge is -2.24. The van der Waals surface area contributed by atoms with Crippen molar-refractivity contribution in [3.8, 4) is 17.0 Å². The molecule has 1 radical (unpaired) electrons. The first-order valence-corrected chi connectivity index (χ1v) is 11.5. The number of anilines is 3. The van der Waals surface area contributed by atoms with E-state index in [0.29, 0.717) is 29.2 Å². The number of nitrogens with one attached hydrogen (secondary N) is 2. The quantitative estimate of drug-likeness (QED) is 0.279. The molecule has 0 bridgehead atoms. The molecular weight excluding hydrogens is 522 g/mol. The summed E-state index contributed by atoms with van der Waals surface area (Å²) in [4.78, 5) is 20.9. The maximum absolute atomic E-state index is 14.8. The molecule has 4 aromatic rings. The molecule has 0 aliphatic carbocycles. The first-order valence-electron chi connectivity index (χ1n) is 11.5. The molecule has 3 aromatic heterocycles. The van der Waals surface area contributed by atoms with E-state index < -0.39 is 29.1 Å². The maximum atomic E-state index is 14.8. The topological polar surface area (TPSA) is 120 Å². The van der Waals surface area contributed by atoms with Crippen LogP contribution in [0.2, 0.25) is 0 Å². The lowest BCUT2D eigenvalue weighted by molar-refractivity contribution is -0.185. The van der Waals surface area contributed by atoms with E-state index in [1.165, 1.54) is 31.6 Å². The summed E-state index contributed by atoms with van der Waals surface area (Å²) in [5, 5.41) is 13.0. The molecular formula is C25H24F4N7O3. The average Bonchev–Trinajstić information content (AvgIpc) is 3.52. The number of halogens is 4. The van der Waals surface area contributed by atoms with Crippen LogP contribution < -0.4 is 15.4 Å². The number of methoxy groups -OCH3 is 1. The van der Waals surface area contributed by atoms with E-state index in [2.05, 4.69) is 37.8 Å². The molecule has 0 fully saturated rings. The first-order chi connectivity index (χ1) is 18.4. The third kappa shape index (κ3) is 5.99. The second-order valence-electron chi connectivity index (χ2n) is 8.97. The molecule has 0 spiro atoms. The lowest BCUT2D eigenvalue weighted by atomic mass is 9.89. The molecule has 0 unspecified atom stereocenters. The molecule has 2 N–H and O–H groups in total. The van der Waals surface area contributed by atoms with E-state index in [9.17, 15) is 22.4 Å². The van der Waals surface area contributed by atoms with Crippen molar-refractivity contribution in [3.63, 3.8) is 0 Å². The van der Waals surface area contributed by atoms with Crippen LogP contribution in [0.1, 0.15) is 25.2 Å². The zero-order valence-electron chi connectivity index (χ0n) is 21.1. The molecule has 0 saturated heterocycles. The van der Waals surface area contributed by atoms with Gasteiger partial charge in [0.05, 0.1) is 19.7 Å². The summed E-state index contributed by atoms with van der Waals surface area (Å²) in [5.74, 6) is -1.38. The van der Waals surface area contributed by atoms with Crippen LogP contribution in [0.5, 0.6) is 5.88 Å². The highest BCUT2D eigenvalue weighted by Crippen LogP contribution is 2.41. The fourth-order valence-corrected chi connectivity index (χ4v) is 3.42. The van der Waals surface area contributed by atoms with E-state index >= 15 is 0 Å². The molecule has 0 saturated carbocycles. The van der Waals surface area contributed by atoms with Crippen LogP contribution in [0.4, 0.5) is 35.0 Å². The number of hydrogen-bond acceptors (Lipinski definition) is 8. The summed E-state index contributed by atoms with van der Waals surface area (Å²) in [7, 11) is 1.48. The molecule has 1 amide bonds. The molecule has 0 aliphatic rings. The molecule has 39 heavy (non-hydrogen) atoms. The minimum Gasteiger partial charge on any atom is -0.478 e. The highest BCUT2D eigenvalue weighted by atomic mass is 19.4. The van der Waals surface area contributed by atoms with E-state index in [4.69, 9.17) is 9.26 Å². The van der Waals surface area contributed by atoms with E-state index in [-0.39, 0.29) is 23.8 Å². The Balaban J connectivity index is 1.40. The number of benzene rings is 1. The van der Waals surface area contributed by atoms with Crippen molar-refractivity contribution in [2.24, 2.45) is 0 Å². The standard InChI is InChI=1S/C25H24F4N7O3/c1-5-36-13-18(22(34-36)38-4)32-23-30-11-16(12-31-23)14-6-7-15(17(26)8-14)9-21(37)33-20-10-19(39-35-20)24(2,3)25(27,28)29/h6-8,10-13H,1,5,9H2,2-4H3,(H,30,31,32)(H,33,35,37). The van der Waals surface area contributed by atoms with Crippen molar-refractivity contribution < 1.29 is 31.6 Å². The number of carbonyl (C=O) groups is 1. The van der Waals surface area contributed by atoms with Gasteiger partial charge in [0.15, 0.2) is 11.6 Å². The summed E-state index contributed by atoms with van der Waals surface area (Å²) in [6.45, 7) is 6.02. The van der Waals surface area contributed by atoms with Gasteiger partial charge in [-0.2, -0.15) is 13.2 Å². The predicted molar refractivity (Wildman–Crippen MR) is 133 cm³/mol. The zero-order chi connectivity index (χ0) is 28.4. The Kier molecular flexibility index (Phi) is 7.56. The Morgan fingerprint density at radius 2 is 1.87 bits per heavy atom. The van der Waals surface area contributed by atoms with Gasteiger partial charge in [-0.25, -0.2) is 14.4 Å². The van der Waals surface area contributed by atoms with Crippen molar-refractivity contribution in [2.45, 2.75) is 38.4 Å². The van der Waals surface area contributed by atoms with E-state index in [1.807, 2.05) is 0 Å². The number of nitrogens with zero attached hydrogens (tertiary/aromatic N) is 5. The Morgan fingerprint density at radius 3 is 2.49 bits per heavy atom. The summed E-state index contributed by atoms with van der Waals surface area (Å²) in [5.41, 5.74) is -0.677. The zero-order valence-corrected chi connectivity index (χ0v) is 21.1. The van der Waals surface area contributed by atoms with Gasteiger partial charge in [-0.1, -0.05) is 17.3 Å². The van der Waals surface area contributed by atoms with E-state index in [1.54, 1.807) is 16.9 Å². The molecule has 14 heteroatoms. The van der Waals surface area contributed by atoms with Gasteiger partial charge in [0.2, 0.25) is 11.9 Å². The number of ether oxygens (including phenoxy) is 1. The molecule has 10 nitrogen and oxygen atoms in total. The fraction of sp³-hybridized carbons (Fsp3) is 0.280. The molecule has 1 aromatic carbocycles. The molecule has 3 heterocycles. The van der Waals surface area contributed by atoms with Crippen LogP contribution in [0.15, 0.2) is 47.4 Å². The number of hydrogen-bond donors (Lipinski definition) is 2. The van der Waals surface area contributed by atoms with E-state index in [0.717, 1.165) is 19.9 Å². The molecule has 0 atom stereocenters. The van der Waals surface area contributed by atoms with Gasteiger partial charge in [0, 0.05) is 30.6 Å². The van der Waals surface area contributed by atoms with Gasteiger partial charge < -0.3 is 19.9 Å². The minimum absolute atomic E-state index is 0.0734. The third-order valence-corrected chi connectivity index (χ3v) is 5.89. The van der Waals surface area contributed by atoms with Crippen molar-refractivity contribution in [1.82, 2.24) is 24.9 Å². The van der Waals surface area contributed by atoms with Crippen molar-refractivity contribution in [3.05, 3.63) is 66.9 Å². The van der Waals surface area contributed by atoms with Crippen molar-refractivity contribution in [1.29, 1.82) is 0 Å². The van der Waals surface area contributed by atoms with Gasteiger partial charge in [-0.05, 0) is 38.0 Å². The van der Waals surface area contributed by atoms with Gasteiger partial charge in [0.25, 0.3) is 5.88 Å². The molecule has 0 aliphatic heterocycles. The number of amides is 1. The Labute approximate surface area is 220 Å². The lowest BCUT2D eigenvalue weighted by Crippen LogP contribution is -2.35. The minimum atomic E-state index is -4.58. The SMILES string of the molecule is [CH2]Cn1cc(Nc2ncc(-c3ccc(CC(=O)Nc4cc(C(C)(C)C(F)(F)F)on4)c(F)c3)cn2)c(OC)n1. The van der Waals surface area contributed by atoms with Gasteiger partial charge in [-0.3, -0.25) is 9.48 Å². The molecule has 205 valence electrons. The van der Waals surface area contributed by atoms with Gasteiger partial charge in [0.1, 0.15) is 16.9 Å². The van der Waals surface area contributed by atoms with Crippen molar-refractivity contribution >= 4 is 23.4 Å².